The minimum Gasteiger partial charge on any atom is -0.314 e. The summed E-state index contributed by atoms with van der Waals surface area (Å²) in [6.07, 6.45) is 4.53. The molecule has 0 radical (unpaired) electrons. The normalized spacial score (nSPS) is 15.8. The summed E-state index contributed by atoms with van der Waals surface area (Å²) in [7, 11) is -3.30. The van der Waals surface area contributed by atoms with Crippen molar-refractivity contribution >= 4 is 15.8 Å². The Bertz CT molecular complexity index is 445. The number of sulfonamides is 1. The molecule has 1 saturated carbocycles. The number of aromatic nitrogens is 2. The van der Waals surface area contributed by atoms with E-state index in [4.69, 9.17) is 0 Å². The predicted octanol–water partition coefficient (Wildman–Crippen LogP) is 0.360. The minimum atomic E-state index is -3.30. The number of hydrogen-bond acceptors (Lipinski definition) is 5. The lowest BCUT2D eigenvalue weighted by molar-refractivity contribution is 0.593. The zero-order valence-corrected chi connectivity index (χ0v) is 10.3. The van der Waals surface area contributed by atoms with Crippen molar-refractivity contribution in [2.24, 2.45) is 0 Å². The third kappa shape index (κ3) is 4.66. The van der Waals surface area contributed by atoms with E-state index in [0.717, 1.165) is 6.54 Å². The monoisotopic (exact) mass is 256 g/mol. The molecular weight excluding hydrogens is 240 g/mol. The van der Waals surface area contributed by atoms with E-state index in [1.165, 1.54) is 19.0 Å². The van der Waals surface area contributed by atoms with Crippen molar-refractivity contribution in [3.05, 3.63) is 18.3 Å². The second-order valence-corrected chi connectivity index (χ2v) is 5.95. The topological polar surface area (TPSA) is 84.0 Å². The first kappa shape index (κ1) is 12.3. The first-order valence-corrected chi connectivity index (χ1v) is 7.32. The van der Waals surface area contributed by atoms with E-state index in [9.17, 15) is 8.42 Å². The largest absolute Gasteiger partial charge is 0.314 e. The van der Waals surface area contributed by atoms with E-state index in [1.54, 1.807) is 12.1 Å². The van der Waals surface area contributed by atoms with E-state index >= 15 is 0 Å². The number of rotatable bonds is 7. The molecule has 1 heterocycles. The highest BCUT2D eigenvalue weighted by Gasteiger charge is 2.20. The number of hydrogen-bond donors (Lipinski definition) is 2. The molecule has 0 spiro atoms. The summed E-state index contributed by atoms with van der Waals surface area (Å²) in [4.78, 5) is 0. The van der Waals surface area contributed by atoms with Crippen LogP contribution in [0, 0.1) is 0 Å². The van der Waals surface area contributed by atoms with Crippen LogP contribution in [0.4, 0.5) is 5.82 Å². The first-order valence-electron chi connectivity index (χ1n) is 5.67. The molecule has 0 saturated heterocycles. The van der Waals surface area contributed by atoms with Gasteiger partial charge in [-0.3, -0.25) is 4.72 Å². The first-order chi connectivity index (χ1) is 8.16. The summed E-state index contributed by atoms with van der Waals surface area (Å²) in [5, 5.41) is 10.6. The second-order valence-electron chi connectivity index (χ2n) is 4.11. The van der Waals surface area contributed by atoms with Crippen LogP contribution < -0.4 is 10.0 Å². The van der Waals surface area contributed by atoms with Gasteiger partial charge in [0.1, 0.15) is 0 Å². The van der Waals surface area contributed by atoms with Crippen molar-refractivity contribution in [2.75, 3.05) is 17.0 Å². The fourth-order valence-electron chi connectivity index (χ4n) is 1.42. The van der Waals surface area contributed by atoms with Crippen LogP contribution >= 0.6 is 0 Å². The molecule has 6 nitrogen and oxygen atoms in total. The van der Waals surface area contributed by atoms with Crippen LogP contribution in [0.15, 0.2) is 18.3 Å². The van der Waals surface area contributed by atoms with Gasteiger partial charge in [-0.1, -0.05) is 0 Å². The van der Waals surface area contributed by atoms with Gasteiger partial charge in [0.15, 0.2) is 5.82 Å². The quantitative estimate of drug-likeness (QED) is 0.688. The van der Waals surface area contributed by atoms with Crippen LogP contribution in [0.25, 0.3) is 0 Å². The molecule has 2 N–H and O–H groups in total. The highest BCUT2D eigenvalue weighted by atomic mass is 32.2. The maximum Gasteiger partial charge on any atom is 0.233 e. The molecule has 0 aromatic carbocycles. The van der Waals surface area contributed by atoms with Gasteiger partial charge in [-0.25, -0.2) is 8.42 Å². The van der Waals surface area contributed by atoms with Crippen molar-refractivity contribution in [2.45, 2.75) is 25.3 Å². The Morgan fingerprint density at radius 1 is 1.41 bits per heavy atom. The summed E-state index contributed by atoms with van der Waals surface area (Å²) in [5.41, 5.74) is 0. The zero-order chi connectivity index (χ0) is 12.1. The van der Waals surface area contributed by atoms with E-state index in [2.05, 4.69) is 20.2 Å². The van der Waals surface area contributed by atoms with Crippen molar-refractivity contribution in [3.8, 4) is 0 Å². The van der Waals surface area contributed by atoms with Crippen molar-refractivity contribution < 1.29 is 8.42 Å². The molecule has 94 valence electrons. The Kier molecular flexibility index (Phi) is 3.90. The summed E-state index contributed by atoms with van der Waals surface area (Å²) in [6.45, 7) is 0.742. The Balaban J connectivity index is 1.73. The average Bonchev–Trinajstić information content (AvgIpc) is 3.09. The summed E-state index contributed by atoms with van der Waals surface area (Å²) >= 11 is 0. The Hall–Kier alpha value is -1.21. The molecule has 0 unspecified atom stereocenters. The molecule has 17 heavy (non-hydrogen) atoms. The van der Waals surface area contributed by atoms with Gasteiger partial charge in [-0.2, -0.15) is 5.10 Å². The standard InChI is InChI=1S/C10H16N4O2S/c15-17(16,8-2-6-11-9-4-5-9)14-10-3-1-7-12-13-10/h1,3,7,9,11H,2,4-6,8H2,(H,13,14). The lowest BCUT2D eigenvalue weighted by Gasteiger charge is -2.06. The number of nitrogens with zero attached hydrogens (tertiary/aromatic N) is 2. The van der Waals surface area contributed by atoms with Gasteiger partial charge in [0.05, 0.1) is 5.75 Å². The molecule has 7 heteroatoms. The molecule has 1 aliphatic carbocycles. The Labute approximate surface area is 101 Å². The SMILES string of the molecule is O=S(=O)(CCCNC1CC1)Nc1cccnn1. The fourth-order valence-corrected chi connectivity index (χ4v) is 2.48. The molecule has 1 aromatic heterocycles. The van der Waals surface area contributed by atoms with Crippen LogP contribution in [0.3, 0.4) is 0 Å². The van der Waals surface area contributed by atoms with Crippen LogP contribution in [-0.4, -0.2) is 37.0 Å². The molecule has 0 aliphatic heterocycles. The van der Waals surface area contributed by atoms with E-state index < -0.39 is 10.0 Å². The van der Waals surface area contributed by atoms with Crippen LogP contribution in [0.5, 0.6) is 0 Å². The summed E-state index contributed by atoms with van der Waals surface area (Å²) in [6, 6.07) is 3.83. The molecule has 0 bridgehead atoms. The van der Waals surface area contributed by atoms with Crippen molar-refractivity contribution in [1.82, 2.24) is 15.5 Å². The van der Waals surface area contributed by atoms with Crippen LogP contribution in [-0.2, 0) is 10.0 Å². The highest BCUT2D eigenvalue weighted by Crippen LogP contribution is 2.18. The smallest absolute Gasteiger partial charge is 0.233 e. The van der Waals surface area contributed by atoms with Crippen molar-refractivity contribution in [3.63, 3.8) is 0 Å². The fraction of sp³-hybridized carbons (Fsp3) is 0.600. The van der Waals surface area contributed by atoms with Gasteiger partial charge in [0.25, 0.3) is 0 Å². The molecule has 1 aliphatic rings. The van der Waals surface area contributed by atoms with Gasteiger partial charge in [-0.15, -0.1) is 5.10 Å². The molecular formula is C10H16N4O2S. The third-order valence-corrected chi connectivity index (χ3v) is 3.78. The lowest BCUT2D eigenvalue weighted by Crippen LogP contribution is -2.23. The van der Waals surface area contributed by atoms with E-state index in [0.29, 0.717) is 12.5 Å². The van der Waals surface area contributed by atoms with Gasteiger partial charge in [0.2, 0.25) is 10.0 Å². The molecule has 0 amide bonds. The summed E-state index contributed by atoms with van der Waals surface area (Å²) in [5.74, 6) is 0.367. The van der Waals surface area contributed by atoms with Crippen LogP contribution in [0.1, 0.15) is 19.3 Å². The molecule has 2 rings (SSSR count). The minimum absolute atomic E-state index is 0.100. The predicted molar refractivity (Wildman–Crippen MR) is 65.1 cm³/mol. The molecule has 1 fully saturated rings. The highest BCUT2D eigenvalue weighted by molar-refractivity contribution is 7.92. The average molecular weight is 256 g/mol. The third-order valence-electron chi connectivity index (χ3n) is 2.43. The molecule has 1 aromatic rings. The number of nitrogens with one attached hydrogen (secondary N) is 2. The maximum atomic E-state index is 11.7. The van der Waals surface area contributed by atoms with E-state index in [1.807, 2.05) is 0 Å². The van der Waals surface area contributed by atoms with E-state index in [-0.39, 0.29) is 11.6 Å². The number of anilines is 1. The van der Waals surface area contributed by atoms with Gasteiger partial charge in [0, 0.05) is 12.2 Å². The second kappa shape index (κ2) is 5.42. The summed E-state index contributed by atoms with van der Waals surface area (Å²) < 4.78 is 25.7. The lowest BCUT2D eigenvalue weighted by atomic mass is 10.5. The van der Waals surface area contributed by atoms with Crippen LogP contribution in [0.2, 0.25) is 0 Å². The molecule has 0 atom stereocenters. The van der Waals surface area contributed by atoms with Gasteiger partial charge >= 0.3 is 0 Å². The Morgan fingerprint density at radius 3 is 2.88 bits per heavy atom. The zero-order valence-electron chi connectivity index (χ0n) is 9.46. The Morgan fingerprint density at radius 2 is 2.24 bits per heavy atom. The maximum absolute atomic E-state index is 11.7. The van der Waals surface area contributed by atoms with Crippen molar-refractivity contribution in [1.29, 1.82) is 0 Å². The van der Waals surface area contributed by atoms with Gasteiger partial charge < -0.3 is 5.32 Å². The van der Waals surface area contributed by atoms with Gasteiger partial charge in [-0.05, 0) is 37.9 Å².